The quantitative estimate of drug-likeness (QED) is 0.915. The maximum atomic E-state index is 12.2. The van der Waals surface area contributed by atoms with E-state index in [1.165, 1.54) is 0 Å². The lowest BCUT2D eigenvalue weighted by Crippen LogP contribution is -2.25. The first-order valence-corrected chi connectivity index (χ1v) is 7.90. The topological polar surface area (TPSA) is 66.8 Å². The molecule has 1 aliphatic rings. The largest absolute Gasteiger partial charge is 0.481 e. The summed E-state index contributed by atoms with van der Waals surface area (Å²) in [6.07, 6.45) is 0.282. The Morgan fingerprint density at radius 1 is 1.00 bits per heavy atom. The van der Waals surface area contributed by atoms with Crippen molar-refractivity contribution in [2.75, 3.05) is 0 Å². The van der Waals surface area contributed by atoms with Gasteiger partial charge in [0.05, 0.1) is 0 Å². The molecule has 1 aliphatic heterocycles. The van der Waals surface area contributed by atoms with E-state index in [-0.39, 0.29) is 19.1 Å². The van der Waals surface area contributed by atoms with Crippen LogP contribution in [0.2, 0.25) is 0 Å². The molecule has 3 rings (SSSR count). The van der Waals surface area contributed by atoms with Crippen LogP contribution in [0.5, 0.6) is 0 Å². The van der Waals surface area contributed by atoms with Crippen molar-refractivity contribution >= 4 is 12.1 Å². The minimum Gasteiger partial charge on any atom is -0.481 e. The molecule has 0 radical (unpaired) electrons. The lowest BCUT2D eigenvalue weighted by Gasteiger charge is -2.15. The van der Waals surface area contributed by atoms with Gasteiger partial charge in [-0.2, -0.15) is 0 Å². The van der Waals surface area contributed by atoms with Crippen molar-refractivity contribution in [2.24, 2.45) is 0 Å². The molecule has 0 aromatic heterocycles. The molecule has 0 fully saturated rings. The summed E-state index contributed by atoms with van der Waals surface area (Å²) in [6.45, 7) is 1.29. The molecule has 0 bridgehead atoms. The predicted molar refractivity (Wildman–Crippen MR) is 88.3 cm³/mol. The van der Waals surface area contributed by atoms with Crippen LogP contribution in [0, 0.1) is 0 Å². The Bertz CT molecular complexity index is 742. The smallest absolute Gasteiger partial charge is 0.410 e. The van der Waals surface area contributed by atoms with Crippen LogP contribution in [0.3, 0.4) is 0 Å². The molecule has 124 valence electrons. The molecule has 0 spiro atoms. The average Bonchev–Trinajstić information content (AvgIpc) is 3.02. The Hall–Kier alpha value is -2.82. The van der Waals surface area contributed by atoms with Crippen molar-refractivity contribution in [1.29, 1.82) is 0 Å². The minimum absolute atomic E-state index is 0.113. The van der Waals surface area contributed by atoms with E-state index in [1.807, 2.05) is 48.5 Å². The van der Waals surface area contributed by atoms with Gasteiger partial charge in [0.1, 0.15) is 6.61 Å². The molecule has 5 heteroatoms. The van der Waals surface area contributed by atoms with Gasteiger partial charge in [-0.15, -0.1) is 0 Å². The highest BCUT2D eigenvalue weighted by atomic mass is 16.6. The summed E-state index contributed by atoms with van der Waals surface area (Å²) >= 11 is 0. The maximum Gasteiger partial charge on any atom is 0.410 e. The SMILES string of the molecule is O=C(O)CCc1ccc2c(c1)CN(C(=O)OCc1ccccc1)C2. The van der Waals surface area contributed by atoms with Crippen molar-refractivity contribution in [3.05, 3.63) is 70.8 Å². The second-order valence-corrected chi connectivity index (χ2v) is 5.89. The molecule has 1 amide bonds. The minimum atomic E-state index is -0.804. The molecule has 0 unspecified atom stereocenters. The van der Waals surface area contributed by atoms with Crippen LogP contribution in [0.1, 0.15) is 28.7 Å². The number of aliphatic carboxylic acids is 1. The first-order valence-electron chi connectivity index (χ1n) is 7.90. The van der Waals surface area contributed by atoms with E-state index in [0.29, 0.717) is 19.5 Å². The van der Waals surface area contributed by atoms with E-state index in [0.717, 1.165) is 22.3 Å². The highest BCUT2D eigenvalue weighted by molar-refractivity contribution is 5.69. The van der Waals surface area contributed by atoms with Gasteiger partial charge in [0.25, 0.3) is 0 Å². The van der Waals surface area contributed by atoms with Crippen LogP contribution < -0.4 is 0 Å². The lowest BCUT2D eigenvalue weighted by atomic mass is 10.0. The fraction of sp³-hybridized carbons (Fsp3) is 0.263. The Morgan fingerprint density at radius 3 is 2.50 bits per heavy atom. The molecule has 5 nitrogen and oxygen atoms in total. The first kappa shape index (κ1) is 16.1. The van der Waals surface area contributed by atoms with Crippen LogP contribution in [0.25, 0.3) is 0 Å². The number of nitrogens with zero attached hydrogens (tertiary/aromatic N) is 1. The number of rotatable bonds is 5. The third-order valence-corrected chi connectivity index (χ3v) is 4.08. The van der Waals surface area contributed by atoms with Gasteiger partial charge < -0.3 is 9.84 Å². The van der Waals surface area contributed by atoms with Gasteiger partial charge in [-0.25, -0.2) is 4.79 Å². The molecule has 0 aliphatic carbocycles. The van der Waals surface area contributed by atoms with Gasteiger partial charge in [0, 0.05) is 19.5 Å². The summed E-state index contributed by atoms with van der Waals surface area (Å²) in [5.41, 5.74) is 4.09. The maximum absolute atomic E-state index is 12.2. The van der Waals surface area contributed by atoms with E-state index in [9.17, 15) is 9.59 Å². The third kappa shape index (κ3) is 3.93. The molecular weight excluding hydrogens is 306 g/mol. The number of benzene rings is 2. The highest BCUT2D eigenvalue weighted by Crippen LogP contribution is 2.25. The molecule has 1 N–H and O–H groups in total. The number of hydrogen-bond donors (Lipinski definition) is 1. The number of ether oxygens (including phenoxy) is 1. The van der Waals surface area contributed by atoms with Crippen LogP contribution in [0.15, 0.2) is 48.5 Å². The molecule has 1 heterocycles. The van der Waals surface area contributed by atoms with E-state index in [2.05, 4.69) is 0 Å². The molecule has 2 aromatic rings. The zero-order valence-corrected chi connectivity index (χ0v) is 13.3. The van der Waals surface area contributed by atoms with Crippen molar-refractivity contribution in [3.8, 4) is 0 Å². The van der Waals surface area contributed by atoms with Crippen LogP contribution >= 0.6 is 0 Å². The Labute approximate surface area is 140 Å². The standard InChI is InChI=1S/C19H19NO4/c21-18(22)9-7-14-6-8-16-11-20(12-17(16)10-14)19(23)24-13-15-4-2-1-3-5-15/h1-6,8,10H,7,9,11-13H2,(H,21,22). The second kappa shape index (κ2) is 7.17. The number of hydrogen-bond acceptors (Lipinski definition) is 3. The monoisotopic (exact) mass is 325 g/mol. The summed E-state index contributed by atoms with van der Waals surface area (Å²) in [5.74, 6) is -0.804. The van der Waals surface area contributed by atoms with E-state index in [4.69, 9.17) is 9.84 Å². The average molecular weight is 325 g/mol. The van der Waals surface area contributed by atoms with Crippen molar-refractivity contribution < 1.29 is 19.4 Å². The fourth-order valence-corrected chi connectivity index (χ4v) is 2.79. The lowest BCUT2D eigenvalue weighted by molar-refractivity contribution is -0.136. The highest BCUT2D eigenvalue weighted by Gasteiger charge is 2.24. The molecule has 2 aromatic carbocycles. The molecular formula is C19H19NO4. The number of aryl methyl sites for hydroxylation is 1. The summed E-state index contributed by atoms with van der Waals surface area (Å²) < 4.78 is 5.36. The van der Waals surface area contributed by atoms with Crippen LogP contribution in [0.4, 0.5) is 4.79 Å². The van der Waals surface area contributed by atoms with Gasteiger partial charge in [0.15, 0.2) is 0 Å². The van der Waals surface area contributed by atoms with Crippen LogP contribution in [-0.2, 0) is 35.6 Å². The Morgan fingerprint density at radius 2 is 1.75 bits per heavy atom. The van der Waals surface area contributed by atoms with Crippen molar-refractivity contribution in [3.63, 3.8) is 0 Å². The summed E-state index contributed by atoms with van der Waals surface area (Å²) in [7, 11) is 0. The van der Waals surface area contributed by atoms with Gasteiger partial charge in [0.2, 0.25) is 0 Å². The van der Waals surface area contributed by atoms with Crippen LogP contribution in [-0.4, -0.2) is 22.1 Å². The Balaban J connectivity index is 1.57. The zero-order chi connectivity index (χ0) is 16.9. The fourth-order valence-electron chi connectivity index (χ4n) is 2.79. The van der Waals surface area contributed by atoms with Gasteiger partial charge in [-0.3, -0.25) is 9.69 Å². The molecule has 0 atom stereocenters. The summed E-state index contributed by atoms with van der Waals surface area (Å²) in [6, 6.07) is 15.5. The van der Waals surface area contributed by atoms with E-state index < -0.39 is 5.97 Å². The van der Waals surface area contributed by atoms with Gasteiger partial charge in [-0.1, -0.05) is 48.5 Å². The number of amides is 1. The van der Waals surface area contributed by atoms with Crippen molar-refractivity contribution in [2.45, 2.75) is 32.5 Å². The van der Waals surface area contributed by atoms with Gasteiger partial charge in [-0.05, 0) is 28.7 Å². The first-order chi connectivity index (χ1) is 11.6. The van der Waals surface area contributed by atoms with Gasteiger partial charge >= 0.3 is 12.1 Å². The number of fused-ring (bicyclic) bond motifs is 1. The normalized spacial score (nSPS) is 12.8. The van der Waals surface area contributed by atoms with Crippen molar-refractivity contribution in [1.82, 2.24) is 4.90 Å². The zero-order valence-electron chi connectivity index (χ0n) is 13.3. The molecule has 0 saturated heterocycles. The summed E-state index contributed by atoms with van der Waals surface area (Å²) in [5, 5.41) is 8.77. The number of carbonyl (C=O) groups is 2. The number of carbonyl (C=O) groups excluding carboxylic acids is 1. The Kier molecular flexibility index (Phi) is 4.79. The number of carboxylic acid groups (broad SMARTS) is 1. The van der Waals surface area contributed by atoms with E-state index in [1.54, 1.807) is 4.90 Å². The number of carboxylic acids is 1. The predicted octanol–water partition coefficient (Wildman–Crippen LogP) is 3.36. The molecule has 24 heavy (non-hydrogen) atoms. The third-order valence-electron chi connectivity index (χ3n) is 4.08. The second-order valence-electron chi connectivity index (χ2n) is 5.89. The van der Waals surface area contributed by atoms with E-state index >= 15 is 0 Å². The summed E-state index contributed by atoms with van der Waals surface area (Å²) in [4.78, 5) is 24.5. The molecule has 0 saturated carbocycles.